The Hall–Kier alpha value is -3.16. The summed E-state index contributed by atoms with van der Waals surface area (Å²) in [5.41, 5.74) is -0.567. The third-order valence-corrected chi connectivity index (χ3v) is 3.50. The average Bonchev–Trinajstić information content (AvgIpc) is 2.99. The van der Waals surface area contributed by atoms with Gasteiger partial charge in [-0.05, 0) is 36.8 Å². The number of rotatable bonds is 3. The zero-order chi connectivity index (χ0) is 18.9. The molecule has 3 aromatic rings. The number of benzene rings is 2. The molecule has 4 nitrogen and oxygen atoms in total. The van der Waals surface area contributed by atoms with E-state index in [1.54, 1.807) is 25.1 Å². The van der Waals surface area contributed by atoms with Crippen LogP contribution in [0.1, 0.15) is 21.6 Å². The van der Waals surface area contributed by atoms with Gasteiger partial charge in [0.2, 0.25) is 5.88 Å². The van der Waals surface area contributed by atoms with Crippen molar-refractivity contribution in [3.05, 3.63) is 77.2 Å². The molecule has 26 heavy (non-hydrogen) atoms. The van der Waals surface area contributed by atoms with Gasteiger partial charge in [0, 0.05) is 6.07 Å². The molecule has 0 N–H and O–H groups in total. The Morgan fingerprint density at radius 1 is 1.08 bits per heavy atom. The van der Waals surface area contributed by atoms with Crippen LogP contribution in [-0.4, -0.2) is 15.7 Å². The highest BCUT2D eigenvalue weighted by Crippen LogP contribution is 2.32. The first-order valence-corrected chi connectivity index (χ1v) is 7.47. The highest BCUT2D eigenvalue weighted by molar-refractivity contribution is 5.91. The number of aryl methyl sites for hydroxylation is 1. The SMILES string of the molecule is Cc1cccc(-n2nc(C(F)(F)F)cc2OC(=O)c2ccccc2F)c1. The molecule has 1 heterocycles. The lowest BCUT2D eigenvalue weighted by atomic mass is 10.2. The lowest BCUT2D eigenvalue weighted by Crippen LogP contribution is -2.13. The molecular formula is C18H12F4N2O2. The third-order valence-electron chi connectivity index (χ3n) is 3.50. The molecule has 0 spiro atoms. The maximum Gasteiger partial charge on any atom is 0.435 e. The summed E-state index contributed by atoms with van der Waals surface area (Å²) in [6, 6.07) is 12.1. The molecule has 134 valence electrons. The molecule has 0 unspecified atom stereocenters. The van der Waals surface area contributed by atoms with Crippen molar-refractivity contribution >= 4 is 5.97 Å². The summed E-state index contributed by atoms with van der Waals surface area (Å²) in [6.07, 6.45) is -4.73. The van der Waals surface area contributed by atoms with E-state index in [9.17, 15) is 22.4 Å². The fraction of sp³-hybridized carbons (Fsp3) is 0.111. The molecule has 8 heteroatoms. The predicted octanol–water partition coefficient (Wildman–Crippen LogP) is 4.56. The van der Waals surface area contributed by atoms with E-state index < -0.39 is 35.1 Å². The topological polar surface area (TPSA) is 44.1 Å². The van der Waals surface area contributed by atoms with Crippen LogP contribution < -0.4 is 4.74 Å². The van der Waals surface area contributed by atoms with Gasteiger partial charge < -0.3 is 4.74 Å². The number of aromatic nitrogens is 2. The van der Waals surface area contributed by atoms with Gasteiger partial charge in [-0.2, -0.15) is 18.3 Å². The van der Waals surface area contributed by atoms with Crippen LogP contribution in [0, 0.1) is 12.7 Å². The largest absolute Gasteiger partial charge is 0.435 e. The van der Waals surface area contributed by atoms with Crippen LogP contribution in [-0.2, 0) is 6.18 Å². The van der Waals surface area contributed by atoms with Crippen LogP contribution in [0.15, 0.2) is 54.6 Å². The van der Waals surface area contributed by atoms with Crippen molar-refractivity contribution in [2.75, 3.05) is 0 Å². The van der Waals surface area contributed by atoms with Crippen LogP contribution in [0.4, 0.5) is 17.6 Å². The Labute approximate surface area is 145 Å². The summed E-state index contributed by atoms with van der Waals surface area (Å²) in [6.45, 7) is 1.75. The van der Waals surface area contributed by atoms with E-state index in [0.29, 0.717) is 6.07 Å². The van der Waals surface area contributed by atoms with Gasteiger partial charge in [-0.25, -0.2) is 13.9 Å². The summed E-state index contributed by atoms with van der Waals surface area (Å²) >= 11 is 0. The smallest absolute Gasteiger partial charge is 0.404 e. The van der Waals surface area contributed by atoms with E-state index in [4.69, 9.17) is 4.74 Å². The quantitative estimate of drug-likeness (QED) is 0.506. The molecule has 0 fully saturated rings. The number of carbonyl (C=O) groups is 1. The van der Waals surface area contributed by atoms with E-state index in [1.807, 2.05) is 0 Å². The number of alkyl halides is 3. The number of ether oxygens (including phenoxy) is 1. The van der Waals surface area contributed by atoms with Gasteiger partial charge in [-0.1, -0.05) is 24.3 Å². The predicted molar refractivity (Wildman–Crippen MR) is 84.7 cm³/mol. The zero-order valence-electron chi connectivity index (χ0n) is 13.4. The summed E-state index contributed by atoms with van der Waals surface area (Å²) in [7, 11) is 0. The van der Waals surface area contributed by atoms with Crippen molar-refractivity contribution in [3.8, 4) is 11.6 Å². The van der Waals surface area contributed by atoms with Crippen molar-refractivity contribution in [1.82, 2.24) is 9.78 Å². The third kappa shape index (κ3) is 3.58. The second-order valence-electron chi connectivity index (χ2n) is 5.49. The van der Waals surface area contributed by atoms with Crippen molar-refractivity contribution in [3.63, 3.8) is 0 Å². The number of esters is 1. The van der Waals surface area contributed by atoms with Gasteiger partial charge in [0.15, 0.2) is 5.69 Å². The van der Waals surface area contributed by atoms with Gasteiger partial charge >= 0.3 is 12.1 Å². The molecule has 1 aromatic heterocycles. The van der Waals surface area contributed by atoms with Gasteiger partial charge in [0.05, 0.1) is 11.3 Å². The second kappa shape index (κ2) is 6.62. The fourth-order valence-electron chi connectivity index (χ4n) is 2.30. The van der Waals surface area contributed by atoms with Crippen LogP contribution >= 0.6 is 0 Å². The highest BCUT2D eigenvalue weighted by Gasteiger charge is 2.36. The van der Waals surface area contributed by atoms with Crippen molar-refractivity contribution in [2.45, 2.75) is 13.1 Å². The standard InChI is InChI=1S/C18H12F4N2O2/c1-11-5-4-6-12(9-11)24-16(10-15(23-24)18(20,21)22)26-17(25)13-7-2-3-8-14(13)19/h2-10H,1H3. The van der Waals surface area contributed by atoms with E-state index >= 15 is 0 Å². The van der Waals surface area contributed by atoms with E-state index in [2.05, 4.69) is 5.10 Å². The maximum absolute atomic E-state index is 13.7. The maximum atomic E-state index is 13.7. The number of hydrogen-bond donors (Lipinski definition) is 0. The van der Waals surface area contributed by atoms with Crippen LogP contribution in [0.2, 0.25) is 0 Å². The Balaban J connectivity index is 2.04. The zero-order valence-corrected chi connectivity index (χ0v) is 13.4. The van der Waals surface area contributed by atoms with Gasteiger partial charge in [-0.3, -0.25) is 0 Å². The molecule has 0 atom stereocenters. The Morgan fingerprint density at radius 2 is 1.81 bits per heavy atom. The Bertz CT molecular complexity index is 964. The first-order valence-electron chi connectivity index (χ1n) is 7.47. The molecule has 0 bridgehead atoms. The summed E-state index contributed by atoms with van der Waals surface area (Å²) in [5, 5.41) is 3.48. The Kier molecular flexibility index (Phi) is 4.50. The van der Waals surface area contributed by atoms with Crippen molar-refractivity contribution in [1.29, 1.82) is 0 Å². The van der Waals surface area contributed by atoms with Crippen LogP contribution in [0.3, 0.4) is 0 Å². The molecule has 2 aromatic carbocycles. The van der Waals surface area contributed by atoms with Gasteiger partial charge in [0.1, 0.15) is 5.82 Å². The first kappa shape index (κ1) is 17.7. The molecule has 0 amide bonds. The number of nitrogens with zero attached hydrogens (tertiary/aromatic N) is 2. The van der Waals surface area contributed by atoms with Crippen molar-refractivity contribution in [2.24, 2.45) is 0 Å². The Morgan fingerprint density at radius 3 is 2.46 bits per heavy atom. The number of carbonyl (C=O) groups excluding carboxylic acids is 1. The molecule has 0 aliphatic heterocycles. The summed E-state index contributed by atoms with van der Waals surface area (Å²) in [4.78, 5) is 12.2. The number of halogens is 4. The highest BCUT2D eigenvalue weighted by atomic mass is 19.4. The van der Waals surface area contributed by atoms with Crippen LogP contribution in [0.5, 0.6) is 5.88 Å². The average molecular weight is 364 g/mol. The first-order chi connectivity index (χ1) is 12.3. The van der Waals surface area contributed by atoms with E-state index in [1.165, 1.54) is 24.3 Å². The monoisotopic (exact) mass is 364 g/mol. The molecule has 3 rings (SSSR count). The number of hydrogen-bond acceptors (Lipinski definition) is 3. The van der Waals surface area contributed by atoms with E-state index in [0.717, 1.165) is 16.3 Å². The second-order valence-corrected chi connectivity index (χ2v) is 5.49. The fourth-order valence-corrected chi connectivity index (χ4v) is 2.30. The molecule has 0 saturated carbocycles. The lowest BCUT2D eigenvalue weighted by molar-refractivity contribution is -0.141. The molecule has 0 radical (unpaired) electrons. The minimum absolute atomic E-state index is 0.275. The van der Waals surface area contributed by atoms with Crippen molar-refractivity contribution < 1.29 is 27.1 Å². The van der Waals surface area contributed by atoms with Gasteiger partial charge in [0.25, 0.3) is 0 Å². The molecule has 0 aliphatic carbocycles. The molecular weight excluding hydrogens is 352 g/mol. The minimum Gasteiger partial charge on any atom is -0.404 e. The summed E-state index contributed by atoms with van der Waals surface area (Å²) in [5.74, 6) is -2.42. The molecule has 0 aliphatic rings. The van der Waals surface area contributed by atoms with Crippen LogP contribution in [0.25, 0.3) is 5.69 Å². The minimum atomic E-state index is -4.73. The lowest BCUT2D eigenvalue weighted by Gasteiger charge is -2.09. The normalized spacial score (nSPS) is 11.4. The summed E-state index contributed by atoms with van der Waals surface area (Å²) < 4.78 is 58.6. The van der Waals surface area contributed by atoms with E-state index in [-0.39, 0.29) is 5.69 Å². The molecule has 0 saturated heterocycles. The van der Waals surface area contributed by atoms with Gasteiger partial charge in [-0.15, -0.1) is 0 Å².